The van der Waals surface area contributed by atoms with Gasteiger partial charge in [-0.25, -0.2) is 0 Å². The number of nitrogens with one attached hydrogen (secondary N) is 2. The smallest absolute Gasteiger partial charge is 0.235 e. The summed E-state index contributed by atoms with van der Waals surface area (Å²) in [5.74, 6) is -0.399. The zero-order valence-electron chi connectivity index (χ0n) is 14.2. The SMILES string of the molecule is CC(C)[C@](C)(C#N)NC(=O)CN(C)CC(=O)NC(C)(C)C. The van der Waals surface area contributed by atoms with Gasteiger partial charge in [0.05, 0.1) is 19.2 Å². The Bertz CT molecular complexity index is 420. The molecule has 0 fully saturated rings. The van der Waals surface area contributed by atoms with E-state index in [1.807, 2.05) is 34.6 Å². The maximum Gasteiger partial charge on any atom is 0.235 e. The van der Waals surface area contributed by atoms with Gasteiger partial charge in [0.2, 0.25) is 11.8 Å². The highest BCUT2D eigenvalue weighted by atomic mass is 16.2. The highest BCUT2D eigenvalue weighted by Crippen LogP contribution is 2.14. The predicted molar refractivity (Wildman–Crippen MR) is 82.4 cm³/mol. The first-order valence-electron chi connectivity index (χ1n) is 7.11. The first-order chi connectivity index (χ1) is 9.39. The molecule has 0 saturated carbocycles. The van der Waals surface area contributed by atoms with Crippen molar-refractivity contribution in [2.45, 2.75) is 52.6 Å². The Labute approximate surface area is 127 Å². The van der Waals surface area contributed by atoms with Gasteiger partial charge in [-0.2, -0.15) is 5.26 Å². The van der Waals surface area contributed by atoms with Crippen molar-refractivity contribution in [1.29, 1.82) is 5.26 Å². The van der Waals surface area contributed by atoms with Crippen LogP contribution in [-0.2, 0) is 9.59 Å². The molecule has 0 heterocycles. The summed E-state index contributed by atoms with van der Waals surface area (Å²) in [4.78, 5) is 25.3. The lowest BCUT2D eigenvalue weighted by Gasteiger charge is -2.28. The van der Waals surface area contributed by atoms with Crippen LogP contribution in [0.15, 0.2) is 0 Å². The fourth-order valence-corrected chi connectivity index (χ4v) is 1.63. The van der Waals surface area contributed by atoms with Crippen molar-refractivity contribution in [2.24, 2.45) is 5.92 Å². The van der Waals surface area contributed by atoms with Gasteiger partial charge in [-0.3, -0.25) is 14.5 Å². The Balaban J connectivity index is 4.41. The molecule has 0 aromatic carbocycles. The molecular formula is C15H28N4O2. The number of hydrogen-bond acceptors (Lipinski definition) is 4. The highest BCUT2D eigenvalue weighted by molar-refractivity contribution is 5.82. The molecule has 120 valence electrons. The van der Waals surface area contributed by atoms with Crippen molar-refractivity contribution in [2.75, 3.05) is 20.1 Å². The predicted octanol–water partition coefficient (Wildman–Crippen LogP) is 0.887. The van der Waals surface area contributed by atoms with E-state index in [4.69, 9.17) is 5.26 Å². The van der Waals surface area contributed by atoms with Crippen LogP contribution in [0.1, 0.15) is 41.5 Å². The van der Waals surface area contributed by atoms with E-state index in [9.17, 15) is 9.59 Å². The van der Waals surface area contributed by atoms with Gasteiger partial charge in [-0.1, -0.05) is 13.8 Å². The molecule has 0 spiro atoms. The molecule has 21 heavy (non-hydrogen) atoms. The second kappa shape index (κ2) is 7.41. The molecule has 0 rings (SSSR count). The maximum atomic E-state index is 12.0. The number of amides is 2. The van der Waals surface area contributed by atoms with Crippen molar-refractivity contribution in [3.63, 3.8) is 0 Å². The second-order valence-corrected chi connectivity index (χ2v) is 6.99. The Morgan fingerprint density at radius 3 is 1.86 bits per heavy atom. The lowest BCUT2D eigenvalue weighted by molar-refractivity contribution is -0.126. The summed E-state index contributed by atoms with van der Waals surface area (Å²) >= 11 is 0. The van der Waals surface area contributed by atoms with Gasteiger partial charge in [0.15, 0.2) is 0 Å². The van der Waals surface area contributed by atoms with Gasteiger partial charge in [-0.15, -0.1) is 0 Å². The highest BCUT2D eigenvalue weighted by Gasteiger charge is 2.30. The lowest BCUT2D eigenvalue weighted by atomic mass is 9.90. The third-order valence-corrected chi connectivity index (χ3v) is 3.13. The minimum atomic E-state index is -0.897. The molecular weight excluding hydrogens is 268 g/mol. The second-order valence-electron chi connectivity index (χ2n) is 6.99. The third-order valence-electron chi connectivity index (χ3n) is 3.13. The Kier molecular flexibility index (Phi) is 6.84. The fraction of sp³-hybridized carbons (Fsp3) is 0.800. The van der Waals surface area contributed by atoms with Crippen LogP contribution in [0.25, 0.3) is 0 Å². The van der Waals surface area contributed by atoms with Crippen LogP contribution in [0.2, 0.25) is 0 Å². The molecule has 0 saturated heterocycles. The molecule has 1 atom stereocenters. The third kappa shape index (κ3) is 7.66. The van der Waals surface area contributed by atoms with Gasteiger partial charge in [-0.05, 0) is 40.7 Å². The van der Waals surface area contributed by atoms with Gasteiger partial charge in [0, 0.05) is 5.54 Å². The minimum absolute atomic E-state index is 0.000875. The van der Waals surface area contributed by atoms with Crippen LogP contribution < -0.4 is 10.6 Å². The van der Waals surface area contributed by atoms with E-state index >= 15 is 0 Å². The number of likely N-dealkylation sites (N-methyl/N-ethyl adjacent to an activating group) is 1. The lowest BCUT2D eigenvalue weighted by Crippen LogP contribution is -2.52. The van der Waals surface area contributed by atoms with Crippen LogP contribution in [0.3, 0.4) is 0 Å². The average Bonchev–Trinajstić information content (AvgIpc) is 2.24. The summed E-state index contributed by atoms with van der Waals surface area (Å²) < 4.78 is 0. The topological polar surface area (TPSA) is 85.2 Å². The molecule has 0 bridgehead atoms. The van der Waals surface area contributed by atoms with Crippen molar-refractivity contribution in [3.05, 3.63) is 0 Å². The number of carbonyl (C=O) groups is 2. The van der Waals surface area contributed by atoms with Gasteiger partial charge in [0.25, 0.3) is 0 Å². The summed E-state index contributed by atoms with van der Waals surface area (Å²) in [6.45, 7) is 11.4. The van der Waals surface area contributed by atoms with Gasteiger partial charge >= 0.3 is 0 Å². The summed E-state index contributed by atoms with van der Waals surface area (Å²) in [6.07, 6.45) is 0. The fourth-order valence-electron chi connectivity index (χ4n) is 1.63. The number of nitriles is 1. The molecule has 6 nitrogen and oxygen atoms in total. The van der Waals surface area contributed by atoms with Crippen molar-refractivity contribution in [1.82, 2.24) is 15.5 Å². The van der Waals surface area contributed by atoms with E-state index < -0.39 is 5.54 Å². The quantitative estimate of drug-likeness (QED) is 0.762. The number of carbonyl (C=O) groups excluding carboxylic acids is 2. The van der Waals surface area contributed by atoms with Crippen molar-refractivity contribution in [3.8, 4) is 6.07 Å². The zero-order chi connectivity index (χ0) is 16.8. The number of hydrogen-bond donors (Lipinski definition) is 2. The monoisotopic (exact) mass is 296 g/mol. The van der Waals surface area contributed by atoms with Crippen molar-refractivity contribution < 1.29 is 9.59 Å². The molecule has 0 radical (unpaired) electrons. The van der Waals surface area contributed by atoms with E-state index in [-0.39, 0.29) is 36.4 Å². The Hall–Kier alpha value is -1.61. The summed E-state index contributed by atoms with van der Waals surface area (Å²) in [7, 11) is 1.70. The molecule has 0 aliphatic carbocycles. The van der Waals surface area contributed by atoms with Crippen LogP contribution in [0.5, 0.6) is 0 Å². The Morgan fingerprint density at radius 1 is 1.10 bits per heavy atom. The first-order valence-corrected chi connectivity index (χ1v) is 7.11. The van der Waals surface area contributed by atoms with E-state index in [0.717, 1.165) is 0 Å². The van der Waals surface area contributed by atoms with Crippen LogP contribution in [0, 0.1) is 17.2 Å². The van der Waals surface area contributed by atoms with Gasteiger partial charge < -0.3 is 10.6 Å². The van der Waals surface area contributed by atoms with Gasteiger partial charge in [0.1, 0.15) is 5.54 Å². The zero-order valence-corrected chi connectivity index (χ0v) is 14.2. The van der Waals surface area contributed by atoms with E-state index in [2.05, 4.69) is 16.7 Å². The van der Waals surface area contributed by atoms with E-state index in [1.165, 1.54) is 0 Å². The Morgan fingerprint density at radius 2 is 1.52 bits per heavy atom. The molecule has 6 heteroatoms. The summed E-state index contributed by atoms with van der Waals surface area (Å²) in [5, 5.41) is 14.7. The minimum Gasteiger partial charge on any atom is -0.350 e. The van der Waals surface area contributed by atoms with Crippen LogP contribution >= 0.6 is 0 Å². The normalized spacial score (nSPS) is 14.5. The molecule has 0 aromatic heterocycles. The molecule has 0 aliphatic heterocycles. The maximum absolute atomic E-state index is 12.0. The average molecular weight is 296 g/mol. The summed E-state index contributed by atoms with van der Waals surface area (Å²) in [6, 6.07) is 2.12. The molecule has 0 unspecified atom stereocenters. The van der Waals surface area contributed by atoms with Crippen LogP contribution in [0.4, 0.5) is 0 Å². The van der Waals surface area contributed by atoms with E-state index in [0.29, 0.717) is 0 Å². The van der Waals surface area contributed by atoms with E-state index in [1.54, 1.807) is 18.9 Å². The molecule has 2 amide bonds. The molecule has 2 N–H and O–H groups in total. The van der Waals surface area contributed by atoms with Crippen LogP contribution in [-0.4, -0.2) is 47.9 Å². The molecule has 0 aromatic rings. The van der Waals surface area contributed by atoms with Crippen molar-refractivity contribution >= 4 is 11.8 Å². The molecule has 0 aliphatic rings. The summed E-state index contributed by atoms with van der Waals surface area (Å²) in [5.41, 5.74) is -1.19. The number of nitrogens with zero attached hydrogens (tertiary/aromatic N) is 2. The largest absolute Gasteiger partial charge is 0.350 e. The first kappa shape index (κ1) is 19.4. The number of rotatable bonds is 6. The standard InChI is InChI=1S/C15H28N4O2/c1-11(2)15(6,10-16)18-13(21)9-19(7)8-12(20)17-14(3,4)5/h11H,8-9H2,1-7H3,(H,17,20)(H,18,21)/t15-/m0/s1.